The highest BCUT2D eigenvalue weighted by molar-refractivity contribution is 5.96. The smallest absolute Gasteiger partial charge is 0.185 e. The Bertz CT molecular complexity index is 938. The van der Waals surface area contributed by atoms with Crippen LogP contribution in [0.1, 0.15) is 38.4 Å². The van der Waals surface area contributed by atoms with Gasteiger partial charge in [0.05, 0.1) is 0 Å². The van der Waals surface area contributed by atoms with Crippen LogP contribution in [0.2, 0.25) is 0 Å². The van der Waals surface area contributed by atoms with Crippen molar-refractivity contribution in [3.8, 4) is 0 Å². The van der Waals surface area contributed by atoms with Gasteiger partial charge in [-0.15, -0.1) is 0 Å². The molecule has 0 aliphatic carbocycles. The van der Waals surface area contributed by atoms with Crippen molar-refractivity contribution < 1.29 is 4.79 Å². The van der Waals surface area contributed by atoms with Gasteiger partial charge in [-0.25, -0.2) is 0 Å². The number of aromatic nitrogens is 3. The van der Waals surface area contributed by atoms with Gasteiger partial charge < -0.3 is 0 Å². The Labute approximate surface area is 147 Å². The van der Waals surface area contributed by atoms with Crippen molar-refractivity contribution in [3.63, 3.8) is 0 Å². The molecule has 2 heterocycles. The van der Waals surface area contributed by atoms with Crippen LogP contribution in [-0.2, 0) is 13.5 Å². The molecule has 0 unspecified atom stereocenters. The van der Waals surface area contributed by atoms with E-state index < -0.39 is 0 Å². The summed E-state index contributed by atoms with van der Waals surface area (Å²) in [7, 11) is 1.79. The van der Waals surface area contributed by atoms with Gasteiger partial charge in [0.2, 0.25) is 0 Å². The minimum atomic E-state index is 0.0809. The number of pyridine rings is 1. The molecule has 25 heavy (non-hydrogen) atoms. The monoisotopic (exact) mass is 331 g/mol. The molecular weight excluding hydrogens is 310 g/mol. The van der Waals surface area contributed by atoms with Gasteiger partial charge in [-0.05, 0) is 48.2 Å². The zero-order valence-corrected chi connectivity index (χ0v) is 14.7. The normalized spacial score (nSPS) is 11.2. The van der Waals surface area contributed by atoms with E-state index in [0.29, 0.717) is 12.1 Å². The fraction of sp³-hybridized carbons (Fsp3) is 0.190. The summed E-state index contributed by atoms with van der Waals surface area (Å²) in [6, 6.07) is 11.9. The van der Waals surface area contributed by atoms with E-state index in [9.17, 15) is 4.79 Å². The second-order valence-corrected chi connectivity index (χ2v) is 6.14. The summed E-state index contributed by atoms with van der Waals surface area (Å²) in [6.07, 6.45) is 7.97. The first-order valence-electron chi connectivity index (χ1n) is 8.25. The van der Waals surface area contributed by atoms with Crippen molar-refractivity contribution in [2.75, 3.05) is 0 Å². The summed E-state index contributed by atoms with van der Waals surface area (Å²) in [5, 5.41) is 4.06. The predicted octanol–water partition coefficient (Wildman–Crippen LogP) is 4.03. The molecule has 0 N–H and O–H groups in total. The van der Waals surface area contributed by atoms with Crippen LogP contribution in [0, 0.1) is 13.8 Å². The van der Waals surface area contributed by atoms with E-state index in [1.165, 1.54) is 0 Å². The molecule has 0 spiro atoms. The topological polar surface area (TPSA) is 47.8 Å². The number of benzene rings is 1. The first-order valence-corrected chi connectivity index (χ1v) is 8.25. The van der Waals surface area contributed by atoms with Crippen LogP contribution < -0.4 is 0 Å². The SMILES string of the molecule is Cc1cc(/C=C/c2cccnc2C)ccc1CC(=O)c1ccnn1C. The van der Waals surface area contributed by atoms with Crippen molar-refractivity contribution >= 4 is 17.9 Å². The van der Waals surface area contributed by atoms with E-state index in [1.807, 2.05) is 38.1 Å². The summed E-state index contributed by atoms with van der Waals surface area (Å²) >= 11 is 0. The highest BCUT2D eigenvalue weighted by atomic mass is 16.1. The van der Waals surface area contributed by atoms with Crippen molar-refractivity contribution in [3.05, 3.63) is 82.4 Å². The molecule has 0 atom stereocenters. The molecule has 4 heteroatoms. The lowest BCUT2D eigenvalue weighted by Gasteiger charge is -2.07. The molecule has 0 aliphatic rings. The van der Waals surface area contributed by atoms with E-state index in [1.54, 1.807) is 30.2 Å². The molecule has 126 valence electrons. The molecule has 0 saturated carbocycles. The van der Waals surface area contributed by atoms with Crippen molar-refractivity contribution in [2.45, 2.75) is 20.3 Å². The number of hydrogen-bond donors (Lipinski definition) is 0. The number of Topliss-reactive ketones (excluding diaryl/α,β-unsaturated/α-hetero) is 1. The minimum Gasteiger partial charge on any atom is -0.292 e. The maximum atomic E-state index is 12.4. The zero-order valence-electron chi connectivity index (χ0n) is 14.7. The highest BCUT2D eigenvalue weighted by Crippen LogP contribution is 2.17. The van der Waals surface area contributed by atoms with Crippen LogP contribution in [0.3, 0.4) is 0 Å². The minimum absolute atomic E-state index is 0.0809. The fourth-order valence-electron chi connectivity index (χ4n) is 2.79. The Morgan fingerprint density at radius 1 is 1.12 bits per heavy atom. The van der Waals surface area contributed by atoms with Gasteiger partial charge >= 0.3 is 0 Å². The summed E-state index contributed by atoms with van der Waals surface area (Å²) in [4.78, 5) is 16.7. The average Bonchev–Trinajstić information content (AvgIpc) is 3.02. The quantitative estimate of drug-likeness (QED) is 0.663. The first kappa shape index (κ1) is 16.8. The average molecular weight is 331 g/mol. The largest absolute Gasteiger partial charge is 0.292 e. The van der Waals surface area contributed by atoms with Gasteiger partial charge in [-0.3, -0.25) is 14.5 Å². The summed E-state index contributed by atoms with van der Waals surface area (Å²) in [5.41, 5.74) is 6.01. The molecule has 0 aliphatic heterocycles. The fourth-order valence-corrected chi connectivity index (χ4v) is 2.79. The van der Waals surface area contributed by atoms with Gasteiger partial charge in [-0.1, -0.05) is 36.4 Å². The third-order valence-electron chi connectivity index (χ3n) is 4.33. The Hall–Kier alpha value is -3.01. The van der Waals surface area contributed by atoms with Crippen molar-refractivity contribution in [1.82, 2.24) is 14.8 Å². The number of nitrogens with zero attached hydrogens (tertiary/aromatic N) is 3. The van der Waals surface area contributed by atoms with E-state index >= 15 is 0 Å². The summed E-state index contributed by atoms with van der Waals surface area (Å²) in [6.45, 7) is 4.04. The van der Waals surface area contributed by atoms with Crippen molar-refractivity contribution in [1.29, 1.82) is 0 Å². The molecule has 2 aromatic heterocycles. The summed E-state index contributed by atoms with van der Waals surface area (Å²) < 4.78 is 1.62. The molecule has 0 saturated heterocycles. The van der Waals surface area contributed by atoms with Crippen LogP contribution in [0.5, 0.6) is 0 Å². The molecule has 0 bridgehead atoms. The molecule has 1 aromatic carbocycles. The number of carbonyl (C=O) groups is 1. The van der Waals surface area contributed by atoms with E-state index in [2.05, 4.69) is 28.3 Å². The van der Waals surface area contributed by atoms with E-state index in [0.717, 1.165) is 27.9 Å². The molecule has 3 rings (SSSR count). The van der Waals surface area contributed by atoms with Crippen LogP contribution in [0.25, 0.3) is 12.2 Å². The lowest BCUT2D eigenvalue weighted by Crippen LogP contribution is -2.10. The van der Waals surface area contributed by atoms with Gasteiger partial charge in [0.1, 0.15) is 5.69 Å². The number of aryl methyl sites for hydroxylation is 3. The molecule has 0 fully saturated rings. The highest BCUT2D eigenvalue weighted by Gasteiger charge is 2.12. The first-order chi connectivity index (χ1) is 12.0. The molecular formula is C21H21N3O. The van der Waals surface area contributed by atoms with E-state index in [-0.39, 0.29) is 5.78 Å². The Morgan fingerprint density at radius 3 is 2.64 bits per heavy atom. The van der Waals surface area contributed by atoms with Crippen LogP contribution >= 0.6 is 0 Å². The molecule has 0 amide bonds. The van der Waals surface area contributed by atoms with E-state index in [4.69, 9.17) is 0 Å². The molecule has 4 nitrogen and oxygen atoms in total. The number of rotatable bonds is 5. The van der Waals surface area contributed by atoms with Crippen LogP contribution in [0.15, 0.2) is 48.8 Å². The number of hydrogen-bond acceptors (Lipinski definition) is 3. The lowest BCUT2D eigenvalue weighted by molar-refractivity contribution is 0.0984. The van der Waals surface area contributed by atoms with Gasteiger partial charge in [0.15, 0.2) is 5.78 Å². The second-order valence-electron chi connectivity index (χ2n) is 6.14. The van der Waals surface area contributed by atoms with Gasteiger partial charge in [-0.2, -0.15) is 5.10 Å². The van der Waals surface area contributed by atoms with Gasteiger partial charge in [0, 0.05) is 31.6 Å². The van der Waals surface area contributed by atoms with Crippen LogP contribution in [-0.4, -0.2) is 20.5 Å². The van der Waals surface area contributed by atoms with Gasteiger partial charge in [0.25, 0.3) is 0 Å². The maximum absolute atomic E-state index is 12.4. The predicted molar refractivity (Wildman–Crippen MR) is 100 cm³/mol. The maximum Gasteiger partial charge on any atom is 0.185 e. The number of carbonyl (C=O) groups excluding carboxylic acids is 1. The third-order valence-corrected chi connectivity index (χ3v) is 4.33. The molecule has 0 radical (unpaired) electrons. The Morgan fingerprint density at radius 2 is 1.96 bits per heavy atom. The van der Waals surface area contributed by atoms with Crippen molar-refractivity contribution in [2.24, 2.45) is 7.05 Å². The summed E-state index contributed by atoms with van der Waals surface area (Å²) in [5.74, 6) is 0.0809. The third kappa shape index (κ3) is 3.91. The standard InChI is InChI=1S/C21H21N3O/c1-15-13-17(6-8-18-5-4-11-22-16(18)2)7-9-19(15)14-21(25)20-10-12-23-24(20)3/h4-13H,14H2,1-3H3/b8-6+. The molecule has 3 aromatic rings. The Balaban J connectivity index is 1.76. The van der Waals surface area contributed by atoms with Crippen LogP contribution in [0.4, 0.5) is 0 Å². The second kappa shape index (κ2) is 7.26. The lowest BCUT2D eigenvalue weighted by atomic mass is 9.99. The Kier molecular flexibility index (Phi) is 4.89. The number of ketones is 1. The zero-order chi connectivity index (χ0) is 17.8.